The van der Waals surface area contributed by atoms with Crippen LogP contribution in [0.5, 0.6) is 0 Å². The fraction of sp³-hybridized carbons (Fsp3) is 0.750. The smallest absolute Gasteiger partial charge is 0.159 e. The van der Waals surface area contributed by atoms with Gasteiger partial charge in [-0.2, -0.15) is 0 Å². The fourth-order valence-electron chi connectivity index (χ4n) is 2.19. The second kappa shape index (κ2) is 6.71. The van der Waals surface area contributed by atoms with Crippen LogP contribution >= 0.6 is 11.8 Å². The number of aliphatic hydroxyl groups is 2. The summed E-state index contributed by atoms with van der Waals surface area (Å²) in [6, 6.07) is -0.305. The third-order valence-electron chi connectivity index (χ3n) is 3.15. The molecular formula is C12H21N3O3S. The third kappa shape index (κ3) is 3.29. The summed E-state index contributed by atoms with van der Waals surface area (Å²) in [6.45, 7) is 7.37. The van der Waals surface area contributed by atoms with Crippen molar-refractivity contribution in [3.8, 4) is 0 Å². The molecule has 0 radical (unpaired) electrons. The van der Waals surface area contributed by atoms with Gasteiger partial charge in [0.25, 0.3) is 0 Å². The number of thioether (sulfide) groups is 1. The minimum atomic E-state index is -0.910. The summed E-state index contributed by atoms with van der Waals surface area (Å²) in [6.07, 6.45) is -0.447. The van der Waals surface area contributed by atoms with Crippen molar-refractivity contribution in [1.29, 1.82) is 0 Å². The lowest BCUT2D eigenvalue weighted by atomic mass is 9.98. The first-order valence-electron chi connectivity index (χ1n) is 6.48. The first-order chi connectivity index (χ1) is 9.17. The normalized spacial score (nSPS) is 39.9. The number of amidine groups is 1. The van der Waals surface area contributed by atoms with Gasteiger partial charge in [-0.3, -0.25) is 4.99 Å². The molecule has 0 bridgehead atoms. The molecule has 0 aromatic rings. The van der Waals surface area contributed by atoms with Crippen LogP contribution in [-0.4, -0.2) is 64.8 Å². The van der Waals surface area contributed by atoms with Gasteiger partial charge in [-0.1, -0.05) is 17.8 Å². The van der Waals surface area contributed by atoms with Crippen LogP contribution in [-0.2, 0) is 4.74 Å². The minimum Gasteiger partial charge on any atom is -0.388 e. The van der Waals surface area contributed by atoms with Crippen molar-refractivity contribution in [1.82, 2.24) is 10.6 Å². The molecule has 0 saturated carbocycles. The van der Waals surface area contributed by atoms with Gasteiger partial charge in [0, 0.05) is 19.6 Å². The van der Waals surface area contributed by atoms with Crippen LogP contribution in [0.3, 0.4) is 0 Å². The number of fused-ring (bicyclic) bond motifs is 1. The van der Waals surface area contributed by atoms with E-state index < -0.39 is 18.3 Å². The van der Waals surface area contributed by atoms with Crippen molar-refractivity contribution in [3.63, 3.8) is 0 Å². The van der Waals surface area contributed by atoms with E-state index in [9.17, 15) is 10.2 Å². The quantitative estimate of drug-likeness (QED) is 0.395. The highest BCUT2D eigenvalue weighted by Crippen LogP contribution is 2.33. The molecule has 2 heterocycles. The van der Waals surface area contributed by atoms with E-state index in [2.05, 4.69) is 22.2 Å². The maximum absolute atomic E-state index is 10.2. The summed E-state index contributed by atoms with van der Waals surface area (Å²) >= 11 is 1.47. The molecule has 0 amide bonds. The Hall–Kier alpha value is -0.600. The first-order valence-corrected chi connectivity index (χ1v) is 7.36. The summed E-state index contributed by atoms with van der Waals surface area (Å²) < 4.78 is 5.83. The molecular weight excluding hydrogens is 266 g/mol. The Balaban J connectivity index is 1.97. The Morgan fingerprint density at radius 2 is 2.32 bits per heavy atom. The summed E-state index contributed by atoms with van der Waals surface area (Å²) in [7, 11) is 0. The van der Waals surface area contributed by atoms with E-state index in [0.717, 1.165) is 5.17 Å². The van der Waals surface area contributed by atoms with E-state index in [0.29, 0.717) is 19.6 Å². The lowest BCUT2D eigenvalue weighted by Crippen LogP contribution is -2.60. The summed E-state index contributed by atoms with van der Waals surface area (Å²) in [5, 5.41) is 27.2. The highest BCUT2D eigenvalue weighted by Gasteiger charge is 2.48. The van der Waals surface area contributed by atoms with Gasteiger partial charge >= 0.3 is 0 Å². The zero-order valence-corrected chi connectivity index (χ0v) is 11.8. The first kappa shape index (κ1) is 14.8. The van der Waals surface area contributed by atoms with Crippen molar-refractivity contribution >= 4 is 16.9 Å². The van der Waals surface area contributed by atoms with Gasteiger partial charge in [0.05, 0.1) is 6.04 Å². The Labute approximate surface area is 117 Å². The van der Waals surface area contributed by atoms with Crippen LogP contribution in [0.25, 0.3) is 0 Å². The van der Waals surface area contributed by atoms with E-state index in [4.69, 9.17) is 4.74 Å². The van der Waals surface area contributed by atoms with Crippen LogP contribution in [0.15, 0.2) is 17.6 Å². The average Bonchev–Trinajstić information content (AvgIpc) is 2.79. The largest absolute Gasteiger partial charge is 0.388 e. The molecule has 2 aliphatic heterocycles. The third-order valence-corrected chi connectivity index (χ3v) is 4.26. The Morgan fingerprint density at radius 1 is 1.53 bits per heavy atom. The fourth-order valence-corrected chi connectivity index (χ4v) is 3.40. The van der Waals surface area contributed by atoms with E-state index in [1.54, 1.807) is 6.08 Å². The number of ether oxygens (including phenoxy) is 1. The summed E-state index contributed by atoms with van der Waals surface area (Å²) in [5.41, 5.74) is -0.209. The lowest BCUT2D eigenvalue weighted by molar-refractivity contribution is -0.153. The van der Waals surface area contributed by atoms with Crippen molar-refractivity contribution in [2.24, 2.45) is 4.99 Å². The maximum atomic E-state index is 10.2. The zero-order chi connectivity index (χ0) is 13.8. The van der Waals surface area contributed by atoms with Crippen molar-refractivity contribution < 1.29 is 14.9 Å². The second-order valence-corrected chi connectivity index (χ2v) is 5.63. The number of hydrogen-bond acceptors (Lipinski definition) is 6. The van der Waals surface area contributed by atoms with E-state index in [1.165, 1.54) is 11.8 Å². The molecule has 7 heteroatoms. The standard InChI is InChI=1S/C12H21N3O3S/c1-3-5-13-6-7-9(16)10(17)8-11(18-7)19-12(15-8)14-4-2/h3,7-11,13,16-17H,1,4-6H2,2H3,(H,14,15). The molecule has 0 aliphatic carbocycles. The lowest BCUT2D eigenvalue weighted by Gasteiger charge is -2.39. The van der Waals surface area contributed by atoms with Gasteiger partial charge in [-0.05, 0) is 6.92 Å². The molecule has 0 aromatic heterocycles. The van der Waals surface area contributed by atoms with Gasteiger partial charge in [0.2, 0.25) is 0 Å². The van der Waals surface area contributed by atoms with Crippen LogP contribution in [0.2, 0.25) is 0 Å². The van der Waals surface area contributed by atoms with Gasteiger partial charge in [-0.25, -0.2) is 0 Å². The molecule has 4 N–H and O–H groups in total. The topological polar surface area (TPSA) is 86.1 Å². The highest BCUT2D eigenvalue weighted by molar-refractivity contribution is 8.14. The highest BCUT2D eigenvalue weighted by atomic mass is 32.2. The minimum absolute atomic E-state index is 0.209. The molecule has 108 valence electrons. The molecule has 0 aromatic carbocycles. The van der Waals surface area contributed by atoms with Gasteiger partial charge < -0.3 is 25.6 Å². The predicted molar refractivity (Wildman–Crippen MR) is 76.2 cm³/mol. The Morgan fingerprint density at radius 3 is 3.00 bits per heavy atom. The summed E-state index contributed by atoms with van der Waals surface area (Å²) in [5.74, 6) is 0. The number of nitrogens with zero attached hydrogens (tertiary/aromatic N) is 1. The van der Waals surface area contributed by atoms with Crippen molar-refractivity contribution in [2.45, 2.75) is 36.7 Å². The van der Waals surface area contributed by atoms with E-state index >= 15 is 0 Å². The number of rotatable bonds is 5. The van der Waals surface area contributed by atoms with E-state index in [1.807, 2.05) is 6.92 Å². The SMILES string of the molecule is C=CCNCC1OC2SC(=NCC)NC2C(O)C1O. The maximum Gasteiger partial charge on any atom is 0.159 e. The second-order valence-electron chi connectivity index (χ2n) is 4.54. The van der Waals surface area contributed by atoms with Crippen LogP contribution in [0, 0.1) is 0 Å². The van der Waals surface area contributed by atoms with Crippen LogP contribution in [0.4, 0.5) is 0 Å². The molecule has 2 aliphatic rings. The Kier molecular flexibility index (Phi) is 5.23. The molecule has 5 atom stereocenters. The number of nitrogens with one attached hydrogen (secondary N) is 2. The molecule has 0 spiro atoms. The number of aliphatic imine (C=N–C) groups is 1. The number of aliphatic hydroxyl groups excluding tert-OH is 2. The molecule has 6 nitrogen and oxygen atoms in total. The average molecular weight is 287 g/mol. The van der Waals surface area contributed by atoms with Crippen molar-refractivity contribution in [2.75, 3.05) is 19.6 Å². The molecule has 5 unspecified atom stereocenters. The molecule has 19 heavy (non-hydrogen) atoms. The van der Waals surface area contributed by atoms with Crippen LogP contribution in [0.1, 0.15) is 6.92 Å². The summed E-state index contributed by atoms with van der Waals surface area (Å²) in [4.78, 5) is 4.27. The van der Waals surface area contributed by atoms with Gasteiger partial charge in [-0.15, -0.1) is 6.58 Å². The molecule has 2 rings (SSSR count). The van der Waals surface area contributed by atoms with Crippen LogP contribution < -0.4 is 10.6 Å². The monoisotopic (exact) mass is 287 g/mol. The van der Waals surface area contributed by atoms with E-state index in [-0.39, 0.29) is 11.5 Å². The molecule has 2 saturated heterocycles. The zero-order valence-electron chi connectivity index (χ0n) is 11.0. The van der Waals surface area contributed by atoms with Gasteiger partial charge in [0.15, 0.2) is 5.17 Å². The predicted octanol–water partition coefficient (Wildman–Crippen LogP) is -0.710. The van der Waals surface area contributed by atoms with Crippen molar-refractivity contribution in [3.05, 3.63) is 12.7 Å². The Bertz CT molecular complexity index is 353. The van der Waals surface area contributed by atoms with Gasteiger partial charge in [0.1, 0.15) is 23.7 Å². The molecule has 2 fully saturated rings. The number of hydrogen-bond donors (Lipinski definition) is 4.